The highest BCUT2D eigenvalue weighted by Crippen LogP contribution is 2.48. The van der Waals surface area contributed by atoms with Crippen molar-refractivity contribution >= 4 is 27.8 Å². The number of aromatic hydroxyl groups is 1. The third-order valence-corrected chi connectivity index (χ3v) is 7.05. The van der Waals surface area contributed by atoms with E-state index < -0.39 is 12.2 Å². The van der Waals surface area contributed by atoms with Crippen LogP contribution in [-0.2, 0) is 6.54 Å². The summed E-state index contributed by atoms with van der Waals surface area (Å²) in [7, 11) is 3.19. The van der Waals surface area contributed by atoms with E-state index in [2.05, 4.69) is 4.98 Å². The standard InChI is InChI=1S/C34H28FN3O4/c1-37(2)34(40)42-31-26-14-9-19-36-29(26)32(41-30(23-10-5-3-6-11-23)24-12-7-4-8-13-24)28-27(31)21-38(33(28)39)20-22-15-17-25(35)18-16-22/h3-19,21,30,39H,20H2,1-2H3. The van der Waals surface area contributed by atoms with Crippen LogP contribution in [-0.4, -0.2) is 39.7 Å². The number of fused-ring (bicyclic) bond motifs is 2. The predicted molar refractivity (Wildman–Crippen MR) is 159 cm³/mol. The van der Waals surface area contributed by atoms with Gasteiger partial charge in [0.05, 0.1) is 17.3 Å². The highest BCUT2D eigenvalue weighted by atomic mass is 19.1. The maximum Gasteiger partial charge on any atom is 0.414 e. The second-order valence-electron chi connectivity index (χ2n) is 10.1. The summed E-state index contributed by atoms with van der Waals surface area (Å²) in [4.78, 5) is 18.8. The van der Waals surface area contributed by atoms with Gasteiger partial charge >= 0.3 is 6.09 Å². The minimum atomic E-state index is -0.577. The predicted octanol–water partition coefficient (Wildman–Crippen LogP) is 7.31. The van der Waals surface area contributed by atoms with Crippen LogP contribution in [0.2, 0.25) is 0 Å². The van der Waals surface area contributed by atoms with Crippen LogP contribution in [0.25, 0.3) is 21.7 Å². The van der Waals surface area contributed by atoms with Gasteiger partial charge in [0.25, 0.3) is 0 Å². The van der Waals surface area contributed by atoms with Crippen molar-refractivity contribution in [3.05, 3.63) is 132 Å². The molecular weight excluding hydrogens is 533 g/mol. The van der Waals surface area contributed by atoms with E-state index in [9.17, 15) is 14.3 Å². The normalized spacial score (nSPS) is 11.2. The molecule has 0 aliphatic heterocycles. The number of rotatable bonds is 7. The maximum absolute atomic E-state index is 13.6. The first kappa shape index (κ1) is 26.8. The number of pyridine rings is 1. The van der Waals surface area contributed by atoms with Crippen molar-refractivity contribution in [2.45, 2.75) is 12.6 Å². The van der Waals surface area contributed by atoms with E-state index in [1.54, 1.807) is 55.3 Å². The zero-order valence-electron chi connectivity index (χ0n) is 23.1. The Hall–Kier alpha value is -5.37. The number of amides is 1. The molecule has 6 aromatic rings. The van der Waals surface area contributed by atoms with Crippen LogP contribution in [0, 0.1) is 5.82 Å². The molecule has 2 heterocycles. The Morgan fingerprint density at radius 2 is 1.52 bits per heavy atom. The average molecular weight is 562 g/mol. The van der Waals surface area contributed by atoms with Crippen LogP contribution < -0.4 is 9.47 Å². The fourth-order valence-electron chi connectivity index (χ4n) is 4.99. The molecule has 0 saturated carbocycles. The van der Waals surface area contributed by atoms with E-state index in [0.717, 1.165) is 16.7 Å². The Balaban J connectivity index is 1.60. The van der Waals surface area contributed by atoms with Gasteiger partial charge in [-0.05, 0) is 41.0 Å². The summed E-state index contributed by atoms with van der Waals surface area (Å²) >= 11 is 0. The van der Waals surface area contributed by atoms with Crippen molar-refractivity contribution in [1.29, 1.82) is 0 Å². The van der Waals surface area contributed by atoms with E-state index in [1.807, 2.05) is 60.7 Å². The average Bonchev–Trinajstić information content (AvgIpc) is 3.34. The quantitative estimate of drug-likeness (QED) is 0.221. The van der Waals surface area contributed by atoms with Crippen LogP contribution >= 0.6 is 0 Å². The van der Waals surface area contributed by atoms with Crippen molar-refractivity contribution in [1.82, 2.24) is 14.5 Å². The molecule has 42 heavy (non-hydrogen) atoms. The molecule has 6 rings (SSSR count). The molecule has 7 nitrogen and oxygen atoms in total. The molecule has 0 fully saturated rings. The van der Waals surface area contributed by atoms with Gasteiger partial charge in [-0.2, -0.15) is 0 Å². The summed E-state index contributed by atoms with van der Waals surface area (Å²) < 4.78 is 27.9. The van der Waals surface area contributed by atoms with Gasteiger partial charge in [-0.1, -0.05) is 72.8 Å². The summed E-state index contributed by atoms with van der Waals surface area (Å²) in [5.74, 6) is 0.153. The monoisotopic (exact) mass is 561 g/mol. The third kappa shape index (κ3) is 5.10. The lowest BCUT2D eigenvalue weighted by Crippen LogP contribution is -2.25. The Bertz CT molecular complexity index is 1830. The number of nitrogens with zero attached hydrogens (tertiary/aromatic N) is 3. The molecule has 8 heteroatoms. The minimum Gasteiger partial charge on any atom is -0.494 e. The van der Waals surface area contributed by atoms with Crippen LogP contribution in [0.3, 0.4) is 0 Å². The summed E-state index contributed by atoms with van der Waals surface area (Å²) in [6.45, 7) is 0.242. The molecule has 0 atom stereocenters. The Morgan fingerprint density at radius 3 is 2.14 bits per heavy atom. The molecular formula is C34H28FN3O4. The number of hydrogen-bond acceptors (Lipinski definition) is 5. The molecule has 0 aliphatic rings. The van der Waals surface area contributed by atoms with Gasteiger partial charge in [-0.3, -0.25) is 4.98 Å². The highest BCUT2D eigenvalue weighted by molar-refractivity contribution is 6.12. The first-order valence-electron chi connectivity index (χ1n) is 13.4. The SMILES string of the molecule is CN(C)C(=O)Oc1c2cccnc2c(OC(c2ccccc2)c2ccccc2)c2c(O)n(Cc3ccc(F)cc3)cc12. The van der Waals surface area contributed by atoms with Crippen LogP contribution in [0.1, 0.15) is 22.8 Å². The first-order chi connectivity index (χ1) is 20.4. The van der Waals surface area contributed by atoms with E-state index in [4.69, 9.17) is 9.47 Å². The summed E-state index contributed by atoms with van der Waals surface area (Å²) in [5, 5.41) is 13.1. The lowest BCUT2D eigenvalue weighted by atomic mass is 10.0. The minimum absolute atomic E-state index is 0.0982. The number of hydrogen-bond donors (Lipinski definition) is 1. The molecule has 0 bridgehead atoms. The summed E-state index contributed by atoms with van der Waals surface area (Å²) in [6, 6.07) is 29.2. The van der Waals surface area contributed by atoms with Crippen molar-refractivity contribution in [3.63, 3.8) is 0 Å². The third-order valence-electron chi connectivity index (χ3n) is 7.05. The molecule has 0 aliphatic carbocycles. The largest absolute Gasteiger partial charge is 0.494 e. The summed E-state index contributed by atoms with van der Waals surface area (Å²) in [6.07, 6.45) is 2.24. The smallest absolute Gasteiger partial charge is 0.414 e. The van der Waals surface area contributed by atoms with Gasteiger partial charge in [0.15, 0.2) is 11.5 Å². The topological polar surface area (TPSA) is 76.8 Å². The van der Waals surface area contributed by atoms with Crippen molar-refractivity contribution in [2.24, 2.45) is 0 Å². The van der Waals surface area contributed by atoms with Gasteiger partial charge < -0.3 is 24.0 Å². The van der Waals surface area contributed by atoms with Crippen molar-refractivity contribution in [3.8, 4) is 17.4 Å². The lowest BCUT2D eigenvalue weighted by Gasteiger charge is -2.22. The van der Waals surface area contributed by atoms with Crippen LogP contribution in [0.5, 0.6) is 17.4 Å². The molecule has 0 radical (unpaired) electrons. The van der Waals surface area contributed by atoms with Gasteiger partial charge in [0.2, 0.25) is 5.88 Å². The zero-order chi connectivity index (χ0) is 29.2. The van der Waals surface area contributed by atoms with Crippen molar-refractivity contribution < 1.29 is 23.8 Å². The molecule has 0 unspecified atom stereocenters. The van der Waals surface area contributed by atoms with E-state index in [0.29, 0.717) is 27.4 Å². The van der Waals surface area contributed by atoms with Gasteiger partial charge in [0.1, 0.15) is 17.4 Å². The van der Waals surface area contributed by atoms with Crippen LogP contribution in [0.4, 0.5) is 9.18 Å². The first-order valence-corrected chi connectivity index (χ1v) is 13.4. The molecule has 4 aromatic carbocycles. The van der Waals surface area contributed by atoms with Gasteiger partial charge in [0, 0.05) is 31.9 Å². The second kappa shape index (κ2) is 11.2. The molecule has 0 spiro atoms. The number of halogens is 1. The lowest BCUT2D eigenvalue weighted by molar-refractivity contribution is 0.173. The van der Waals surface area contributed by atoms with Gasteiger partial charge in [-0.15, -0.1) is 0 Å². The molecule has 1 amide bonds. The number of carbonyl (C=O) groups is 1. The Kier molecular flexibility index (Phi) is 7.19. The molecule has 2 aromatic heterocycles. The van der Waals surface area contributed by atoms with E-state index in [1.165, 1.54) is 17.0 Å². The molecule has 1 N–H and O–H groups in total. The van der Waals surface area contributed by atoms with Crippen molar-refractivity contribution in [2.75, 3.05) is 14.1 Å². The van der Waals surface area contributed by atoms with Gasteiger partial charge in [-0.25, -0.2) is 9.18 Å². The maximum atomic E-state index is 13.6. The Labute approximate surface area is 242 Å². The summed E-state index contributed by atoms with van der Waals surface area (Å²) in [5.41, 5.74) is 3.03. The number of benzene rings is 4. The number of ether oxygens (including phenoxy) is 2. The second-order valence-corrected chi connectivity index (χ2v) is 10.1. The molecule has 210 valence electrons. The number of carbonyl (C=O) groups excluding carboxylic acids is 1. The molecule has 0 saturated heterocycles. The van der Waals surface area contributed by atoms with E-state index in [-0.39, 0.29) is 24.0 Å². The van der Waals surface area contributed by atoms with Crippen LogP contribution in [0.15, 0.2) is 109 Å². The fourth-order valence-corrected chi connectivity index (χ4v) is 4.99. The zero-order valence-corrected chi connectivity index (χ0v) is 23.1. The van der Waals surface area contributed by atoms with E-state index >= 15 is 0 Å². The number of aromatic nitrogens is 2. The Morgan fingerprint density at radius 1 is 0.881 bits per heavy atom. The fraction of sp³-hybridized carbons (Fsp3) is 0.118. The highest BCUT2D eigenvalue weighted by Gasteiger charge is 2.28.